The predicted molar refractivity (Wildman–Crippen MR) is 43.9 cm³/mol. The summed E-state index contributed by atoms with van der Waals surface area (Å²) in [6, 6.07) is 0.0231. The van der Waals surface area contributed by atoms with Gasteiger partial charge in [-0.3, -0.25) is 0 Å². The molecule has 0 heterocycles. The van der Waals surface area contributed by atoms with Gasteiger partial charge in [-0.05, 0) is 20.8 Å². The van der Waals surface area contributed by atoms with Gasteiger partial charge in [0.1, 0.15) is 0 Å². The Kier molecular flexibility index (Phi) is 4.32. The number of rotatable bonds is 3. The zero-order valence-electron chi connectivity index (χ0n) is 7.22. The molecule has 0 aliphatic rings. The molecule has 10 heavy (non-hydrogen) atoms. The lowest BCUT2D eigenvalue weighted by Crippen LogP contribution is -2.31. The maximum atomic E-state index is 5.73. The molecule has 0 spiro atoms. The largest absolute Gasteiger partial charge is 0.380 e. The average Bonchev–Trinajstić information content (AvgIpc) is 1.85. The van der Waals surface area contributed by atoms with Crippen molar-refractivity contribution in [3.05, 3.63) is 11.6 Å². The van der Waals surface area contributed by atoms with Crippen molar-refractivity contribution >= 4 is 0 Å². The van der Waals surface area contributed by atoms with Gasteiger partial charge in [-0.15, -0.1) is 0 Å². The van der Waals surface area contributed by atoms with E-state index in [1.54, 1.807) is 7.11 Å². The Bertz CT molecular complexity index is 116. The highest BCUT2D eigenvalue weighted by Crippen LogP contribution is 1.99. The van der Waals surface area contributed by atoms with Gasteiger partial charge in [0.15, 0.2) is 0 Å². The summed E-state index contributed by atoms with van der Waals surface area (Å²) in [5.74, 6) is 0. The molecular weight excluding hydrogens is 126 g/mol. The fourth-order valence-corrected chi connectivity index (χ4v) is 0.678. The van der Waals surface area contributed by atoms with Crippen LogP contribution in [0.4, 0.5) is 0 Å². The molecule has 0 aliphatic carbocycles. The molecule has 0 saturated carbocycles. The fourth-order valence-electron chi connectivity index (χ4n) is 0.678. The Morgan fingerprint density at radius 2 is 2.00 bits per heavy atom. The molecule has 2 nitrogen and oxygen atoms in total. The van der Waals surface area contributed by atoms with Crippen LogP contribution in [-0.2, 0) is 4.74 Å². The van der Waals surface area contributed by atoms with Gasteiger partial charge in [-0.2, -0.15) is 0 Å². The number of hydrogen-bond acceptors (Lipinski definition) is 2. The van der Waals surface area contributed by atoms with Gasteiger partial charge in [0, 0.05) is 13.2 Å². The molecule has 0 bridgehead atoms. The minimum absolute atomic E-state index is 0.0231. The van der Waals surface area contributed by atoms with Gasteiger partial charge in [0.25, 0.3) is 0 Å². The van der Waals surface area contributed by atoms with Gasteiger partial charge < -0.3 is 10.5 Å². The van der Waals surface area contributed by atoms with E-state index < -0.39 is 0 Å². The van der Waals surface area contributed by atoms with Crippen LogP contribution in [0.25, 0.3) is 0 Å². The summed E-state index contributed by atoms with van der Waals surface area (Å²) in [6.07, 6.45) is 2.11. The lowest BCUT2D eigenvalue weighted by Gasteiger charge is -2.14. The zero-order chi connectivity index (χ0) is 8.15. The highest BCUT2D eigenvalue weighted by Gasteiger charge is 2.06. The van der Waals surface area contributed by atoms with E-state index in [0.29, 0.717) is 0 Å². The van der Waals surface area contributed by atoms with Crippen LogP contribution < -0.4 is 5.73 Å². The molecule has 0 rings (SSSR count). The third-order valence-electron chi connectivity index (χ3n) is 1.44. The van der Waals surface area contributed by atoms with E-state index in [2.05, 4.69) is 0 Å². The monoisotopic (exact) mass is 143 g/mol. The molecule has 0 aromatic carbocycles. The summed E-state index contributed by atoms with van der Waals surface area (Å²) in [4.78, 5) is 0. The molecule has 0 radical (unpaired) electrons. The Hall–Kier alpha value is -0.340. The van der Waals surface area contributed by atoms with Crippen molar-refractivity contribution in [2.45, 2.75) is 32.9 Å². The van der Waals surface area contributed by atoms with E-state index in [4.69, 9.17) is 10.5 Å². The van der Waals surface area contributed by atoms with Gasteiger partial charge in [0.05, 0.1) is 6.10 Å². The van der Waals surface area contributed by atoms with Crippen LogP contribution in [0.2, 0.25) is 0 Å². The van der Waals surface area contributed by atoms with E-state index in [-0.39, 0.29) is 12.1 Å². The molecule has 0 aromatic rings. The molecule has 2 heteroatoms. The van der Waals surface area contributed by atoms with Crippen molar-refractivity contribution in [1.82, 2.24) is 0 Å². The van der Waals surface area contributed by atoms with Crippen molar-refractivity contribution in [2.24, 2.45) is 5.73 Å². The van der Waals surface area contributed by atoms with Gasteiger partial charge >= 0.3 is 0 Å². The maximum Gasteiger partial charge on any atom is 0.0729 e. The summed E-state index contributed by atoms with van der Waals surface area (Å²) in [7, 11) is 1.67. The van der Waals surface area contributed by atoms with Crippen molar-refractivity contribution in [2.75, 3.05) is 7.11 Å². The molecule has 2 N–H and O–H groups in total. The third-order valence-corrected chi connectivity index (χ3v) is 1.44. The lowest BCUT2D eigenvalue weighted by atomic mass is 10.1. The number of ether oxygens (including phenoxy) is 1. The molecule has 0 saturated heterocycles. The van der Waals surface area contributed by atoms with E-state index >= 15 is 0 Å². The second kappa shape index (κ2) is 4.47. The number of hydrogen-bond donors (Lipinski definition) is 1. The molecule has 0 amide bonds. The summed E-state index contributed by atoms with van der Waals surface area (Å²) >= 11 is 0. The first-order valence-electron chi connectivity index (χ1n) is 3.51. The van der Waals surface area contributed by atoms with E-state index in [1.165, 1.54) is 5.57 Å². The molecule has 0 aromatic heterocycles. The van der Waals surface area contributed by atoms with Gasteiger partial charge in [-0.25, -0.2) is 0 Å². The van der Waals surface area contributed by atoms with Crippen molar-refractivity contribution in [3.8, 4) is 0 Å². The first-order valence-corrected chi connectivity index (χ1v) is 3.51. The molecule has 2 unspecified atom stereocenters. The van der Waals surface area contributed by atoms with Crippen LogP contribution in [0.3, 0.4) is 0 Å². The van der Waals surface area contributed by atoms with E-state index in [9.17, 15) is 0 Å². The lowest BCUT2D eigenvalue weighted by molar-refractivity contribution is 0.108. The van der Waals surface area contributed by atoms with E-state index in [1.807, 2.05) is 26.8 Å². The van der Waals surface area contributed by atoms with Crippen molar-refractivity contribution in [1.29, 1.82) is 0 Å². The molecule has 60 valence electrons. The Morgan fingerprint density at radius 1 is 1.50 bits per heavy atom. The minimum atomic E-state index is 0.0231. The fraction of sp³-hybridized carbons (Fsp3) is 0.750. The van der Waals surface area contributed by atoms with Gasteiger partial charge in [-0.1, -0.05) is 11.6 Å². The third kappa shape index (κ3) is 3.64. The van der Waals surface area contributed by atoms with E-state index in [0.717, 1.165) is 0 Å². The van der Waals surface area contributed by atoms with Crippen molar-refractivity contribution < 1.29 is 4.74 Å². The molecule has 2 atom stereocenters. The maximum absolute atomic E-state index is 5.73. The van der Waals surface area contributed by atoms with Crippen LogP contribution >= 0.6 is 0 Å². The summed E-state index contributed by atoms with van der Waals surface area (Å²) in [6.45, 7) is 6.02. The smallest absolute Gasteiger partial charge is 0.0729 e. The Morgan fingerprint density at radius 3 is 2.30 bits per heavy atom. The standard InChI is InChI=1S/C8H17NO/c1-6(2)5-8(9)7(3)10-4/h5,7-8H,9H2,1-4H3. The second-order valence-electron chi connectivity index (χ2n) is 2.76. The van der Waals surface area contributed by atoms with Crippen LogP contribution in [0.5, 0.6) is 0 Å². The van der Waals surface area contributed by atoms with Crippen molar-refractivity contribution in [3.63, 3.8) is 0 Å². The first-order chi connectivity index (χ1) is 4.57. The highest BCUT2D eigenvalue weighted by molar-refractivity contribution is 5.01. The van der Waals surface area contributed by atoms with Crippen LogP contribution in [0, 0.1) is 0 Å². The minimum Gasteiger partial charge on any atom is -0.380 e. The topological polar surface area (TPSA) is 35.2 Å². The number of nitrogens with two attached hydrogens (primary N) is 1. The number of methoxy groups -OCH3 is 1. The molecule has 0 aliphatic heterocycles. The summed E-state index contributed by atoms with van der Waals surface area (Å²) < 4.78 is 5.04. The molecular formula is C8H17NO. The normalized spacial score (nSPS) is 16.1. The van der Waals surface area contributed by atoms with Crippen LogP contribution in [0.1, 0.15) is 20.8 Å². The van der Waals surface area contributed by atoms with Crippen LogP contribution in [0.15, 0.2) is 11.6 Å². The predicted octanol–water partition coefficient (Wildman–Crippen LogP) is 1.31. The first kappa shape index (κ1) is 9.66. The highest BCUT2D eigenvalue weighted by atomic mass is 16.5. The Balaban J connectivity index is 3.83. The second-order valence-corrected chi connectivity index (χ2v) is 2.76. The average molecular weight is 143 g/mol. The summed E-state index contributed by atoms with van der Waals surface area (Å²) in [5, 5.41) is 0. The quantitative estimate of drug-likeness (QED) is 0.605. The molecule has 0 fully saturated rings. The number of allylic oxidation sites excluding steroid dienone is 1. The summed E-state index contributed by atoms with van der Waals surface area (Å²) in [5.41, 5.74) is 6.96. The van der Waals surface area contributed by atoms with Crippen LogP contribution in [-0.4, -0.2) is 19.3 Å². The van der Waals surface area contributed by atoms with Gasteiger partial charge in [0.2, 0.25) is 0 Å². The Labute approximate surface area is 63.1 Å². The SMILES string of the molecule is COC(C)C(N)C=C(C)C. The zero-order valence-corrected chi connectivity index (χ0v) is 7.22.